The Morgan fingerprint density at radius 2 is 1.83 bits per heavy atom. The smallest absolute Gasteiger partial charge is 0.338 e. The van der Waals surface area contributed by atoms with E-state index in [1.807, 2.05) is 75.5 Å². The number of benzene rings is 2. The fourth-order valence-electron chi connectivity index (χ4n) is 3.83. The van der Waals surface area contributed by atoms with Crippen LogP contribution in [0.15, 0.2) is 67.0 Å². The van der Waals surface area contributed by atoms with Crippen LogP contribution in [0.5, 0.6) is 11.5 Å². The van der Waals surface area contributed by atoms with Crippen LogP contribution in [0, 0.1) is 5.92 Å². The molecule has 0 unspecified atom stereocenters. The fourth-order valence-corrected chi connectivity index (χ4v) is 3.83. The third kappa shape index (κ3) is 6.98. The third-order valence-electron chi connectivity index (χ3n) is 5.80. The van der Waals surface area contributed by atoms with Gasteiger partial charge in [0.25, 0.3) is 0 Å². The Bertz CT molecular complexity index is 1140. The molecular formula is C29H34N2O4. The van der Waals surface area contributed by atoms with Gasteiger partial charge in [0.2, 0.25) is 0 Å². The molecule has 6 nitrogen and oxygen atoms in total. The summed E-state index contributed by atoms with van der Waals surface area (Å²) in [7, 11) is 1.65. The fraction of sp³-hybridized carbons (Fsp3) is 0.379. The first kappa shape index (κ1) is 24.6. The predicted octanol–water partition coefficient (Wildman–Crippen LogP) is 6.56. The van der Waals surface area contributed by atoms with Gasteiger partial charge in [-0.1, -0.05) is 25.0 Å². The van der Waals surface area contributed by atoms with Gasteiger partial charge in [-0.3, -0.25) is 4.98 Å². The van der Waals surface area contributed by atoms with Gasteiger partial charge in [0.15, 0.2) is 11.5 Å². The molecule has 1 heterocycles. The van der Waals surface area contributed by atoms with Crippen LogP contribution in [0.1, 0.15) is 56.0 Å². The van der Waals surface area contributed by atoms with Crippen LogP contribution in [0.2, 0.25) is 0 Å². The number of esters is 1. The number of aromatic nitrogens is 1. The van der Waals surface area contributed by atoms with Crippen molar-refractivity contribution in [1.82, 2.24) is 4.98 Å². The van der Waals surface area contributed by atoms with Crippen molar-refractivity contribution in [2.45, 2.75) is 52.2 Å². The van der Waals surface area contributed by atoms with Gasteiger partial charge in [-0.05, 0) is 75.1 Å². The zero-order valence-electron chi connectivity index (χ0n) is 21.0. The Morgan fingerprint density at radius 1 is 1.03 bits per heavy atom. The van der Waals surface area contributed by atoms with Gasteiger partial charge in [-0.25, -0.2) is 4.79 Å². The number of carbonyl (C=O) groups excluding carboxylic acids is 1. The van der Waals surface area contributed by atoms with Crippen molar-refractivity contribution in [3.63, 3.8) is 0 Å². The molecule has 0 aliphatic heterocycles. The Kier molecular flexibility index (Phi) is 7.59. The van der Waals surface area contributed by atoms with Crippen molar-refractivity contribution in [2.24, 2.45) is 5.92 Å². The van der Waals surface area contributed by atoms with Gasteiger partial charge >= 0.3 is 5.97 Å². The quantitative estimate of drug-likeness (QED) is 0.310. The van der Waals surface area contributed by atoms with Crippen molar-refractivity contribution in [1.29, 1.82) is 0 Å². The number of nitrogens with zero attached hydrogens (tertiary/aromatic N) is 2. The molecule has 35 heavy (non-hydrogen) atoms. The van der Waals surface area contributed by atoms with Crippen molar-refractivity contribution >= 4 is 17.3 Å². The minimum absolute atomic E-state index is 0.348. The molecule has 1 aromatic heterocycles. The monoisotopic (exact) mass is 474 g/mol. The summed E-state index contributed by atoms with van der Waals surface area (Å²) >= 11 is 0. The second-order valence-electron chi connectivity index (χ2n) is 9.92. The Hall–Kier alpha value is -3.54. The molecule has 0 N–H and O–H groups in total. The average molecular weight is 475 g/mol. The van der Waals surface area contributed by atoms with E-state index in [4.69, 9.17) is 14.2 Å². The van der Waals surface area contributed by atoms with Gasteiger partial charge in [0.05, 0.1) is 19.3 Å². The molecule has 0 radical (unpaired) electrons. The summed E-state index contributed by atoms with van der Waals surface area (Å²) in [5, 5.41) is 0. The maximum absolute atomic E-state index is 12.8. The largest absolute Gasteiger partial charge is 0.493 e. The minimum atomic E-state index is -0.564. The zero-order chi connectivity index (χ0) is 24.8. The molecular weight excluding hydrogens is 440 g/mol. The summed E-state index contributed by atoms with van der Waals surface area (Å²) < 4.78 is 17.3. The summed E-state index contributed by atoms with van der Waals surface area (Å²) in [6.07, 6.45) is 7.27. The number of rotatable bonds is 10. The first-order chi connectivity index (χ1) is 16.8. The lowest BCUT2D eigenvalue weighted by atomic mass is 10.1. The van der Waals surface area contributed by atoms with Crippen molar-refractivity contribution in [3.8, 4) is 11.5 Å². The van der Waals surface area contributed by atoms with Crippen LogP contribution in [0.3, 0.4) is 0 Å². The van der Waals surface area contributed by atoms with Crippen LogP contribution in [-0.4, -0.2) is 30.3 Å². The van der Waals surface area contributed by atoms with E-state index in [0.717, 1.165) is 29.3 Å². The first-order valence-corrected chi connectivity index (χ1v) is 12.1. The number of methoxy groups -OCH3 is 1. The Balaban J connectivity index is 1.67. The second-order valence-corrected chi connectivity index (χ2v) is 9.92. The van der Waals surface area contributed by atoms with Crippen LogP contribution < -0.4 is 14.4 Å². The van der Waals surface area contributed by atoms with E-state index in [1.165, 1.54) is 12.8 Å². The van der Waals surface area contributed by atoms with Gasteiger partial charge in [-0.2, -0.15) is 0 Å². The molecule has 1 aliphatic carbocycles. The molecule has 184 valence electrons. The highest BCUT2D eigenvalue weighted by Gasteiger charge is 2.22. The molecule has 6 heteroatoms. The number of pyridine rings is 1. The lowest BCUT2D eigenvalue weighted by Gasteiger charge is -2.27. The van der Waals surface area contributed by atoms with E-state index in [1.54, 1.807) is 19.4 Å². The lowest BCUT2D eigenvalue weighted by molar-refractivity contribution is 0.00695. The number of hydrogen-bond donors (Lipinski definition) is 0. The highest BCUT2D eigenvalue weighted by Crippen LogP contribution is 2.37. The minimum Gasteiger partial charge on any atom is -0.493 e. The van der Waals surface area contributed by atoms with Gasteiger partial charge in [0.1, 0.15) is 5.60 Å². The summed E-state index contributed by atoms with van der Waals surface area (Å²) in [5.41, 5.74) is 2.78. The Morgan fingerprint density at radius 3 is 2.51 bits per heavy atom. The van der Waals surface area contributed by atoms with Gasteiger partial charge < -0.3 is 19.1 Å². The normalized spacial score (nSPS) is 13.3. The molecule has 0 amide bonds. The molecule has 0 bridgehead atoms. The molecule has 1 aliphatic rings. The summed E-state index contributed by atoms with van der Waals surface area (Å²) in [6.45, 7) is 6.84. The van der Waals surface area contributed by atoms with Crippen LogP contribution in [0.4, 0.5) is 11.4 Å². The second kappa shape index (κ2) is 10.8. The molecule has 1 fully saturated rings. The van der Waals surface area contributed by atoms with Crippen LogP contribution in [0.25, 0.3) is 0 Å². The van der Waals surface area contributed by atoms with Crippen molar-refractivity contribution in [2.75, 3.05) is 18.6 Å². The highest BCUT2D eigenvalue weighted by atomic mass is 16.6. The molecule has 0 atom stereocenters. The molecule has 2 aromatic carbocycles. The topological polar surface area (TPSA) is 60.9 Å². The first-order valence-electron chi connectivity index (χ1n) is 12.1. The van der Waals surface area contributed by atoms with E-state index < -0.39 is 5.60 Å². The molecule has 1 saturated carbocycles. The maximum Gasteiger partial charge on any atom is 0.338 e. The molecule has 3 aromatic rings. The SMILES string of the molecule is COc1ccc(N(Cc2cccnc2)c2cccc(C(=O)OC(C)(C)C)c2)cc1OCCC1CC1. The molecule has 0 saturated heterocycles. The average Bonchev–Trinajstić information content (AvgIpc) is 3.67. The summed E-state index contributed by atoms with van der Waals surface area (Å²) in [6, 6.07) is 17.4. The van der Waals surface area contributed by atoms with E-state index >= 15 is 0 Å². The lowest BCUT2D eigenvalue weighted by Crippen LogP contribution is -2.24. The highest BCUT2D eigenvalue weighted by molar-refractivity contribution is 5.91. The molecule has 4 rings (SSSR count). The zero-order valence-corrected chi connectivity index (χ0v) is 21.0. The third-order valence-corrected chi connectivity index (χ3v) is 5.80. The summed E-state index contributed by atoms with van der Waals surface area (Å²) in [4.78, 5) is 19.2. The number of hydrogen-bond acceptors (Lipinski definition) is 6. The van der Waals surface area contributed by atoms with Crippen LogP contribution in [-0.2, 0) is 11.3 Å². The van der Waals surface area contributed by atoms with Crippen molar-refractivity contribution < 1.29 is 19.0 Å². The van der Waals surface area contributed by atoms with Crippen molar-refractivity contribution in [3.05, 3.63) is 78.1 Å². The number of ether oxygens (including phenoxy) is 3. The summed E-state index contributed by atoms with van der Waals surface area (Å²) in [5.74, 6) is 1.86. The van der Waals surface area contributed by atoms with E-state index in [0.29, 0.717) is 30.2 Å². The van der Waals surface area contributed by atoms with E-state index in [2.05, 4.69) is 9.88 Å². The number of carbonyl (C=O) groups is 1. The predicted molar refractivity (Wildman–Crippen MR) is 138 cm³/mol. The Labute approximate surface area is 207 Å². The molecule has 0 spiro atoms. The maximum atomic E-state index is 12.8. The van der Waals surface area contributed by atoms with Gasteiger partial charge in [0, 0.05) is 36.4 Å². The van der Waals surface area contributed by atoms with Crippen LogP contribution >= 0.6 is 0 Å². The van der Waals surface area contributed by atoms with Gasteiger partial charge in [-0.15, -0.1) is 0 Å². The van der Waals surface area contributed by atoms with E-state index in [9.17, 15) is 4.79 Å². The number of anilines is 2. The van der Waals surface area contributed by atoms with E-state index in [-0.39, 0.29) is 5.97 Å². The standard InChI is InChI=1S/C29H34N2O4/c1-29(2,3)35-28(32)23-8-5-9-24(17-23)31(20-22-7-6-15-30-19-22)25-12-13-26(33-4)27(18-25)34-16-14-21-10-11-21/h5-9,12-13,15,17-19,21H,10-11,14,16,20H2,1-4H3.